The van der Waals surface area contributed by atoms with Gasteiger partial charge in [0.2, 0.25) is 0 Å². The number of aromatic nitrogens is 1. The van der Waals surface area contributed by atoms with E-state index in [1.807, 2.05) is 43.1 Å². The van der Waals surface area contributed by atoms with Crippen LogP contribution in [0.3, 0.4) is 0 Å². The second kappa shape index (κ2) is 9.49. The van der Waals surface area contributed by atoms with E-state index in [0.717, 1.165) is 27.6 Å². The van der Waals surface area contributed by atoms with Gasteiger partial charge in [-0.2, -0.15) is 0 Å². The summed E-state index contributed by atoms with van der Waals surface area (Å²) in [4.78, 5) is 18.6. The van der Waals surface area contributed by atoms with Crippen LogP contribution in [0.1, 0.15) is 35.2 Å². The van der Waals surface area contributed by atoms with Crippen LogP contribution < -0.4 is 4.74 Å². The molecule has 4 aromatic rings. The third-order valence-corrected chi connectivity index (χ3v) is 6.20. The molecule has 0 aliphatic heterocycles. The largest absolute Gasteiger partial charge is 0.484 e. The molecule has 0 spiro atoms. The third kappa shape index (κ3) is 4.51. The zero-order chi connectivity index (χ0) is 22.7. The van der Waals surface area contributed by atoms with Crippen LogP contribution in [0.25, 0.3) is 10.9 Å². The molecule has 164 valence electrons. The Labute approximate surface area is 193 Å². The SMILES string of the molecule is CCN(C(=O)COc1ccc(Cl)c(C)c1)[C@@H](c1ccc(C)cc1)c1c[nH]c2ccccc12. The number of carbonyl (C=O) groups excluding carboxylic acids is 1. The van der Waals surface area contributed by atoms with Gasteiger partial charge >= 0.3 is 0 Å². The lowest BCUT2D eigenvalue weighted by Crippen LogP contribution is -2.38. The minimum Gasteiger partial charge on any atom is -0.484 e. The number of nitrogens with one attached hydrogen (secondary N) is 1. The Balaban J connectivity index is 1.67. The Kier molecular flexibility index (Phi) is 6.52. The first kappa shape index (κ1) is 22.0. The highest BCUT2D eigenvalue weighted by Crippen LogP contribution is 2.34. The van der Waals surface area contributed by atoms with Crippen LogP contribution in [-0.4, -0.2) is 28.9 Å². The molecule has 32 heavy (non-hydrogen) atoms. The van der Waals surface area contributed by atoms with E-state index in [1.165, 1.54) is 5.56 Å². The van der Waals surface area contributed by atoms with Crippen molar-refractivity contribution in [2.45, 2.75) is 26.8 Å². The summed E-state index contributed by atoms with van der Waals surface area (Å²) in [5.41, 5.74) is 5.29. The fourth-order valence-electron chi connectivity index (χ4n) is 4.03. The summed E-state index contributed by atoms with van der Waals surface area (Å²) >= 11 is 6.11. The number of benzene rings is 3. The van der Waals surface area contributed by atoms with Crippen molar-refractivity contribution in [1.29, 1.82) is 0 Å². The molecule has 1 heterocycles. The molecule has 4 nitrogen and oxygen atoms in total. The summed E-state index contributed by atoms with van der Waals surface area (Å²) in [5.74, 6) is 0.561. The number of hydrogen-bond donors (Lipinski definition) is 1. The second-order valence-corrected chi connectivity index (χ2v) is 8.39. The normalized spacial score (nSPS) is 12.0. The number of carbonyl (C=O) groups is 1. The van der Waals surface area contributed by atoms with E-state index in [4.69, 9.17) is 16.3 Å². The minimum absolute atomic E-state index is 0.0420. The zero-order valence-corrected chi connectivity index (χ0v) is 19.3. The number of H-pyrrole nitrogens is 1. The maximum atomic E-state index is 13.4. The third-order valence-electron chi connectivity index (χ3n) is 5.77. The maximum absolute atomic E-state index is 13.4. The number of rotatable bonds is 7. The monoisotopic (exact) mass is 446 g/mol. The Morgan fingerprint density at radius 2 is 1.81 bits per heavy atom. The number of halogens is 1. The second-order valence-electron chi connectivity index (χ2n) is 7.98. The number of ether oxygens (including phenoxy) is 1. The molecule has 0 fully saturated rings. The average molecular weight is 447 g/mol. The maximum Gasteiger partial charge on any atom is 0.261 e. The average Bonchev–Trinajstić information content (AvgIpc) is 3.22. The number of aromatic amines is 1. The molecule has 0 aliphatic rings. The van der Waals surface area contributed by atoms with Gasteiger partial charge in [-0.15, -0.1) is 0 Å². The summed E-state index contributed by atoms with van der Waals surface area (Å²) in [6.07, 6.45) is 2.01. The number of fused-ring (bicyclic) bond motifs is 1. The molecule has 5 heteroatoms. The number of para-hydroxylation sites is 1. The molecule has 0 unspecified atom stereocenters. The summed E-state index contributed by atoms with van der Waals surface area (Å²) < 4.78 is 5.84. The number of aryl methyl sites for hydroxylation is 2. The van der Waals surface area contributed by atoms with Gasteiger partial charge in [0.15, 0.2) is 6.61 Å². The van der Waals surface area contributed by atoms with Crippen molar-refractivity contribution in [3.63, 3.8) is 0 Å². The summed E-state index contributed by atoms with van der Waals surface area (Å²) in [5, 5.41) is 1.79. The molecule has 1 amide bonds. The van der Waals surface area contributed by atoms with Crippen LogP contribution in [0.15, 0.2) is 72.9 Å². The van der Waals surface area contributed by atoms with Gasteiger partial charge in [0, 0.05) is 34.2 Å². The Bertz CT molecular complexity index is 1230. The van der Waals surface area contributed by atoms with Gasteiger partial charge in [-0.3, -0.25) is 4.79 Å². The molecule has 3 aromatic carbocycles. The quantitative estimate of drug-likeness (QED) is 0.354. The van der Waals surface area contributed by atoms with Gasteiger partial charge in [-0.25, -0.2) is 0 Å². The predicted molar refractivity (Wildman–Crippen MR) is 130 cm³/mol. The van der Waals surface area contributed by atoms with E-state index < -0.39 is 0 Å². The van der Waals surface area contributed by atoms with Crippen molar-refractivity contribution in [3.05, 3.63) is 100 Å². The first-order valence-electron chi connectivity index (χ1n) is 10.8. The van der Waals surface area contributed by atoms with Crippen LogP contribution in [-0.2, 0) is 4.79 Å². The standard InChI is InChI=1S/C27H27ClN2O2/c1-4-30(26(31)17-32-21-13-14-24(28)19(3)15-21)27(20-11-9-18(2)10-12-20)23-16-29-25-8-6-5-7-22(23)25/h5-16,27,29H,4,17H2,1-3H3/t27-/m0/s1. The molecule has 0 aliphatic carbocycles. The molecule has 0 saturated heterocycles. The highest BCUT2D eigenvalue weighted by molar-refractivity contribution is 6.31. The van der Waals surface area contributed by atoms with E-state index in [1.54, 1.807) is 12.1 Å². The number of hydrogen-bond acceptors (Lipinski definition) is 2. The fourth-order valence-corrected chi connectivity index (χ4v) is 4.15. The van der Waals surface area contributed by atoms with Crippen molar-refractivity contribution in [2.24, 2.45) is 0 Å². The topological polar surface area (TPSA) is 45.3 Å². The number of amides is 1. The van der Waals surface area contributed by atoms with Gasteiger partial charge in [0.1, 0.15) is 5.75 Å². The molecule has 1 atom stereocenters. The molecule has 4 rings (SSSR count). The van der Waals surface area contributed by atoms with E-state index in [9.17, 15) is 4.79 Å². The van der Waals surface area contributed by atoms with Crippen molar-refractivity contribution in [2.75, 3.05) is 13.2 Å². The number of likely N-dealkylation sites (N-methyl/N-ethyl adjacent to an activating group) is 1. The molecular formula is C27H27ClN2O2. The van der Waals surface area contributed by atoms with Crippen molar-refractivity contribution >= 4 is 28.4 Å². The lowest BCUT2D eigenvalue weighted by molar-refractivity contribution is -0.134. The Morgan fingerprint density at radius 1 is 1.06 bits per heavy atom. The van der Waals surface area contributed by atoms with Crippen LogP contribution in [0, 0.1) is 13.8 Å². The van der Waals surface area contributed by atoms with Crippen molar-refractivity contribution in [1.82, 2.24) is 9.88 Å². The van der Waals surface area contributed by atoms with Crippen LogP contribution in [0.4, 0.5) is 0 Å². The van der Waals surface area contributed by atoms with Crippen molar-refractivity contribution in [3.8, 4) is 5.75 Å². The van der Waals surface area contributed by atoms with Crippen LogP contribution in [0.2, 0.25) is 5.02 Å². The highest BCUT2D eigenvalue weighted by Gasteiger charge is 2.28. The first-order valence-corrected chi connectivity index (χ1v) is 11.2. The number of nitrogens with zero attached hydrogens (tertiary/aromatic N) is 1. The van der Waals surface area contributed by atoms with Crippen molar-refractivity contribution < 1.29 is 9.53 Å². The molecule has 1 N–H and O–H groups in total. The van der Waals surface area contributed by atoms with E-state index >= 15 is 0 Å². The van der Waals surface area contributed by atoms with Crippen LogP contribution >= 0.6 is 11.6 Å². The lowest BCUT2D eigenvalue weighted by Gasteiger charge is -2.31. The molecule has 0 saturated carbocycles. The van der Waals surface area contributed by atoms with Gasteiger partial charge in [0.25, 0.3) is 5.91 Å². The van der Waals surface area contributed by atoms with Gasteiger partial charge in [0.05, 0.1) is 6.04 Å². The summed E-state index contributed by atoms with van der Waals surface area (Å²) in [7, 11) is 0. The highest BCUT2D eigenvalue weighted by atomic mass is 35.5. The summed E-state index contributed by atoms with van der Waals surface area (Å²) in [6.45, 7) is 6.49. The predicted octanol–water partition coefficient (Wildman–Crippen LogP) is 6.46. The zero-order valence-electron chi connectivity index (χ0n) is 18.6. The molecular weight excluding hydrogens is 420 g/mol. The van der Waals surface area contributed by atoms with E-state index in [-0.39, 0.29) is 18.6 Å². The van der Waals surface area contributed by atoms with Gasteiger partial charge in [-0.05, 0) is 56.2 Å². The van der Waals surface area contributed by atoms with Gasteiger partial charge in [-0.1, -0.05) is 59.6 Å². The first-order chi connectivity index (χ1) is 15.5. The molecule has 0 radical (unpaired) electrons. The Hall–Kier alpha value is -3.24. The van der Waals surface area contributed by atoms with Gasteiger partial charge < -0.3 is 14.6 Å². The smallest absolute Gasteiger partial charge is 0.261 e. The minimum atomic E-state index is -0.222. The Morgan fingerprint density at radius 3 is 2.53 bits per heavy atom. The molecule has 1 aromatic heterocycles. The fraction of sp³-hybridized carbons (Fsp3) is 0.222. The van der Waals surface area contributed by atoms with E-state index in [0.29, 0.717) is 17.3 Å². The van der Waals surface area contributed by atoms with E-state index in [2.05, 4.69) is 48.3 Å². The van der Waals surface area contributed by atoms with Crippen LogP contribution in [0.5, 0.6) is 5.75 Å². The summed E-state index contributed by atoms with van der Waals surface area (Å²) in [6, 6.07) is 21.7. The molecule has 0 bridgehead atoms. The lowest BCUT2D eigenvalue weighted by atomic mass is 9.95.